The van der Waals surface area contributed by atoms with Crippen molar-refractivity contribution in [3.8, 4) is 5.75 Å². The number of hydrogen-bond acceptors (Lipinski definition) is 2. The van der Waals surface area contributed by atoms with E-state index >= 15 is 0 Å². The molecule has 100 valence electrons. The molecule has 2 nitrogen and oxygen atoms in total. The summed E-state index contributed by atoms with van der Waals surface area (Å²) in [5.41, 5.74) is 2.34. The molecule has 0 radical (unpaired) electrons. The van der Waals surface area contributed by atoms with E-state index in [2.05, 4.69) is 24.4 Å². The molecule has 2 rings (SSSR count). The molecule has 0 fully saturated rings. The minimum atomic E-state index is 0.506. The van der Waals surface area contributed by atoms with Crippen LogP contribution in [0.4, 0.5) is 5.69 Å². The first-order chi connectivity index (χ1) is 9.16. The summed E-state index contributed by atoms with van der Waals surface area (Å²) >= 11 is 11.8. The van der Waals surface area contributed by atoms with Crippen LogP contribution in [-0.4, -0.2) is 13.2 Å². The molecule has 1 N–H and O–H groups in total. The number of halogens is 2. The number of rotatable bonds is 5. The molecule has 0 aliphatic rings. The average Bonchev–Trinajstić information content (AvgIpc) is 2.40. The van der Waals surface area contributed by atoms with Crippen LogP contribution in [0.5, 0.6) is 5.75 Å². The summed E-state index contributed by atoms with van der Waals surface area (Å²) in [4.78, 5) is 0. The first-order valence-electron chi connectivity index (χ1n) is 6.04. The van der Waals surface area contributed by atoms with Crippen LogP contribution >= 0.6 is 23.2 Å². The first-order valence-corrected chi connectivity index (χ1v) is 6.80. The lowest BCUT2D eigenvalue weighted by Gasteiger charge is -2.10. The number of hydrogen-bond donors (Lipinski definition) is 1. The number of ether oxygens (including phenoxy) is 1. The van der Waals surface area contributed by atoms with Crippen molar-refractivity contribution in [2.24, 2.45) is 0 Å². The normalized spacial score (nSPS) is 10.3. The fourth-order valence-electron chi connectivity index (χ4n) is 1.69. The predicted molar refractivity (Wildman–Crippen MR) is 81.6 cm³/mol. The maximum Gasteiger partial charge on any atom is 0.120 e. The van der Waals surface area contributed by atoms with Gasteiger partial charge in [0.15, 0.2) is 0 Å². The molecular formula is C15H15Cl2NO. The summed E-state index contributed by atoms with van der Waals surface area (Å²) in [7, 11) is 0. The fourth-order valence-corrected chi connectivity index (χ4v) is 1.98. The molecule has 0 spiro atoms. The second-order valence-electron chi connectivity index (χ2n) is 4.17. The van der Waals surface area contributed by atoms with E-state index < -0.39 is 0 Å². The lowest BCUT2D eigenvalue weighted by molar-refractivity contribution is 0.333. The summed E-state index contributed by atoms with van der Waals surface area (Å²) in [5, 5.41) is 4.37. The molecule has 0 heterocycles. The summed E-state index contributed by atoms with van der Waals surface area (Å²) in [5.74, 6) is 0.723. The van der Waals surface area contributed by atoms with E-state index in [-0.39, 0.29) is 0 Å². The molecule has 0 aliphatic carbocycles. The molecule has 2 aromatic carbocycles. The van der Waals surface area contributed by atoms with Crippen molar-refractivity contribution in [1.29, 1.82) is 0 Å². The topological polar surface area (TPSA) is 21.3 Å². The molecule has 0 unspecified atom stereocenters. The van der Waals surface area contributed by atoms with E-state index in [4.69, 9.17) is 27.9 Å². The van der Waals surface area contributed by atoms with Crippen molar-refractivity contribution in [2.45, 2.75) is 6.92 Å². The van der Waals surface area contributed by atoms with Gasteiger partial charge in [-0.05, 0) is 30.7 Å². The molecule has 19 heavy (non-hydrogen) atoms. The Morgan fingerprint density at radius 3 is 2.58 bits per heavy atom. The van der Waals surface area contributed by atoms with Gasteiger partial charge in [-0.3, -0.25) is 0 Å². The molecule has 0 amide bonds. The third-order valence-electron chi connectivity index (χ3n) is 2.72. The number of nitrogens with one attached hydrogen (secondary N) is 1. The van der Waals surface area contributed by atoms with Gasteiger partial charge in [0.1, 0.15) is 12.4 Å². The summed E-state index contributed by atoms with van der Waals surface area (Å²) in [6.07, 6.45) is 0. The van der Waals surface area contributed by atoms with E-state index in [1.807, 2.05) is 18.2 Å². The van der Waals surface area contributed by atoms with Gasteiger partial charge in [0.05, 0.1) is 10.0 Å². The lowest BCUT2D eigenvalue weighted by Crippen LogP contribution is -2.12. The maximum absolute atomic E-state index is 5.92. The van der Waals surface area contributed by atoms with E-state index in [0.717, 1.165) is 18.0 Å². The zero-order valence-electron chi connectivity index (χ0n) is 10.6. The van der Waals surface area contributed by atoms with Gasteiger partial charge >= 0.3 is 0 Å². The third kappa shape index (κ3) is 4.05. The Morgan fingerprint density at radius 1 is 1.05 bits per heavy atom. The standard InChI is InChI=1S/C15H15Cl2NO/c1-11-4-2-3-5-15(11)18-8-9-19-12-6-7-13(16)14(17)10-12/h2-7,10,18H,8-9H2,1H3. The van der Waals surface area contributed by atoms with Gasteiger partial charge in [0.2, 0.25) is 0 Å². The van der Waals surface area contributed by atoms with Crippen molar-refractivity contribution >= 4 is 28.9 Å². The second kappa shape index (κ2) is 6.69. The van der Waals surface area contributed by atoms with Crippen molar-refractivity contribution in [3.05, 3.63) is 58.1 Å². The third-order valence-corrected chi connectivity index (χ3v) is 3.46. The van der Waals surface area contributed by atoms with Gasteiger partial charge in [-0.15, -0.1) is 0 Å². The van der Waals surface area contributed by atoms with Crippen LogP contribution in [0, 0.1) is 6.92 Å². The highest BCUT2D eigenvalue weighted by atomic mass is 35.5. The van der Waals surface area contributed by atoms with Crippen LogP contribution in [0.25, 0.3) is 0 Å². The van der Waals surface area contributed by atoms with Crippen LogP contribution in [0.2, 0.25) is 10.0 Å². The molecule has 0 saturated heterocycles. The molecule has 0 atom stereocenters. The highest BCUT2D eigenvalue weighted by Crippen LogP contribution is 2.26. The Balaban J connectivity index is 1.81. The Kier molecular flexibility index (Phi) is 4.94. The molecule has 2 aromatic rings. The number of benzene rings is 2. The zero-order chi connectivity index (χ0) is 13.7. The minimum absolute atomic E-state index is 0.506. The number of para-hydroxylation sites is 1. The minimum Gasteiger partial charge on any atom is -0.492 e. The van der Waals surface area contributed by atoms with Crippen LogP contribution in [0.1, 0.15) is 5.56 Å². The Hall–Kier alpha value is -1.38. The molecule has 0 bridgehead atoms. The van der Waals surface area contributed by atoms with Crippen LogP contribution < -0.4 is 10.1 Å². The summed E-state index contributed by atoms with van der Waals surface area (Å²) in [6, 6.07) is 13.4. The second-order valence-corrected chi connectivity index (χ2v) is 4.98. The van der Waals surface area contributed by atoms with Crippen molar-refractivity contribution in [3.63, 3.8) is 0 Å². The smallest absolute Gasteiger partial charge is 0.120 e. The highest BCUT2D eigenvalue weighted by Gasteiger charge is 2.00. The van der Waals surface area contributed by atoms with Gasteiger partial charge < -0.3 is 10.1 Å². The van der Waals surface area contributed by atoms with Crippen molar-refractivity contribution in [1.82, 2.24) is 0 Å². The first kappa shape index (κ1) is 14.0. The largest absolute Gasteiger partial charge is 0.492 e. The van der Waals surface area contributed by atoms with E-state index in [9.17, 15) is 0 Å². The van der Waals surface area contributed by atoms with Crippen LogP contribution in [0.15, 0.2) is 42.5 Å². The van der Waals surface area contributed by atoms with Crippen molar-refractivity contribution < 1.29 is 4.74 Å². The average molecular weight is 296 g/mol. The Labute approximate surface area is 123 Å². The SMILES string of the molecule is Cc1ccccc1NCCOc1ccc(Cl)c(Cl)c1. The number of aryl methyl sites for hydroxylation is 1. The van der Waals surface area contributed by atoms with E-state index in [1.54, 1.807) is 12.1 Å². The number of anilines is 1. The molecular weight excluding hydrogens is 281 g/mol. The van der Waals surface area contributed by atoms with Gasteiger partial charge in [-0.2, -0.15) is 0 Å². The van der Waals surface area contributed by atoms with Gasteiger partial charge in [-0.25, -0.2) is 0 Å². The molecule has 4 heteroatoms. The molecule has 0 saturated carbocycles. The fraction of sp³-hybridized carbons (Fsp3) is 0.200. The van der Waals surface area contributed by atoms with Crippen molar-refractivity contribution in [2.75, 3.05) is 18.5 Å². The summed E-state index contributed by atoms with van der Waals surface area (Å²) in [6.45, 7) is 3.36. The van der Waals surface area contributed by atoms with E-state index in [1.165, 1.54) is 5.56 Å². The van der Waals surface area contributed by atoms with Crippen LogP contribution in [0.3, 0.4) is 0 Å². The van der Waals surface area contributed by atoms with E-state index in [0.29, 0.717) is 16.7 Å². The molecule has 0 aliphatic heterocycles. The van der Waals surface area contributed by atoms with Gasteiger partial charge in [0.25, 0.3) is 0 Å². The van der Waals surface area contributed by atoms with Crippen LogP contribution in [-0.2, 0) is 0 Å². The lowest BCUT2D eigenvalue weighted by atomic mass is 10.2. The zero-order valence-corrected chi connectivity index (χ0v) is 12.1. The predicted octanol–water partition coefficient (Wildman–Crippen LogP) is 4.79. The quantitative estimate of drug-likeness (QED) is 0.801. The van der Waals surface area contributed by atoms with Gasteiger partial charge in [-0.1, -0.05) is 41.4 Å². The monoisotopic (exact) mass is 295 g/mol. The maximum atomic E-state index is 5.92. The highest BCUT2D eigenvalue weighted by molar-refractivity contribution is 6.42. The Bertz CT molecular complexity index is 558. The molecule has 0 aromatic heterocycles. The Morgan fingerprint density at radius 2 is 1.84 bits per heavy atom. The summed E-state index contributed by atoms with van der Waals surface area (Å²) < 4.78 is 5.60. The van der Waals surface area contributed by atoms with Gasteiger partial charge in [0, 0.05) is 18.3 Å².